The van der Waals surface area contributed by atoms with Crippen molar-refractivity contribution < 1.29 is 89.8 Å². The van der Waals surface area contributed by atoms with E-state index in [2.05, 4.69) is 6.92 Å². The van der Waals surface area contributed by atoms with E-state index >= 15 is 0 Å². The van der Waals surface area contributed by atoms with Gasteiger partial charge in [0.1, 0.15) is 36.6 Å². The van der Waals surface area contributed by atoms with Crippen molar-refractivity contribution in [1.29, 1.82) is 0 Å². The molecule has 11 heteroatoms. The first-order valence-electron chi connectivity index (χ1n) is 11.4. The minimum atomic E-state index is -5.26. The van der Waals surface area contributed by atoms with E-state index in [-0.39, 0.29) is 64.9 Å². The number of hydrogen-bond acceptors (Lipinski definition) is 7. The zero-order valence-electron chi connectivity index (χ0n) is 21.0. The summed E-state index contributed by atoms with van der Waals surface area (Å²) in [4.78, 5) is -2.29. The Morgan fingerprint density at radius 2 is 1.20 bits per heavy atom. The average Bonchev–Trinajstić information content (AvgIpc) is 2.74. The molecule has 0 saturated carbocycles. The third-order valence-corrected chi connectivity index (χ3v) is 7.36. The fourth-order valence-corrected chi connectivity index (χ4v) is 5.54. The van der Waals surface area contributed by atoms with Crippen LogP contribution in [0, 0.1) is 0 Å². The van der Waals surface area contributed by atoms with Crippen molar-refractivity contribution in [3.63, 3.8) is 0 Å². The van der Waals surface area contributed by atoms with Crippen molar-refractivity contribution in [2.45, 2.75) is 87.3 Å². The summed E-state index contributed by atoms with van der Waals surface area (Å²) < 4.78 is 74.4. The maximum atomic E-state index is 11.6. The predicted octanol–water partition coefficient (Wildman–Crippen LogP) is -0.241. The smallest absolute Gasteiger partial charge is 0.744 e. The van der Waals surface area contributed by atoms with Gasteiger partial charge >= 0.3 is 59.1 Å². The normalized spacial score (nSPS) is 11.4. The quantitative estimate of drug-likeness (QED) is 0.173. The van der Waals surface area contributed by atoms with Gasteiger partial charge in [0.25, 0.3) is 0 Å². The third-order valence-electron chi connectivity index (χ3n) is 5.43. The summed E-state index contributed by atoms with van der Waals surface area (Å²) in [6.07, 6.45) is 13.5. The molecule has 0 amide bonds. The molecule has 35 heavy (non-hydrogen) atoms. The molecule has 0 N–H and O–H groups in total. The number of hydrogen-bond donors (Lipinski definition) is 0. The zero-order chi connectivity index (χ0) is 24.3. The van der Waals surface area contributed by atoms with Gasteiger partial charge in [-0.3, -0.25) is 0 Å². The number of benzene rings is 2. The molecule has 0 aliphatic rings. The Morgan fingerprint density at radius 3 is 1.69 bits per heavy atom. The van der Waals surface area contributed by atoms with E-state index in [1.54, 1.807) is 12.1 Å². The summed E-state index contributed by atoms with van der Waals surface area (Å²) in [7, 11) is -10.4. The minimum absolute atomic E-state index is 0. The van der Waals surface area contributed by atoms with Crippen LogP contribution in [-0.4, -0.2) is 25.9 Å². The molecule has 0 bridgehead atoms. The van der Waals surface area contributed by atoms with E-state index in [1.807, 2.05) is 12.1 Å². The molecule has 0 heterocycles. The minimum Gasteiger partial charge on any atom is -0.744 e. The van der Waals surface area contributed by atoms with Crippen molar-refractivity contribution in [2.75, 3.05) is 0 Å². The first-order chi connectivity index (χ1) is 15.6. The van der Waals surface area contributed by atoms with Gasteiger partial charge in [-0.25, -0.2) is 16.8 Å². The van der Waals surface area contributed by atoms with Gasteiger partial charge in [-0.1, -0.05) is 82.9 Å². The predicted molar refractivity (Wildman–Crippen MR) is 124 cm³/mol. The molecule has 0 aliphatic heterocycles. The number of unbranched alkanes of at least 4 members (excludes halogenated alkanes) is 9. The van der Waals surface area contributed by atoms with Gasteiger partial charge in [-0.2, -0.15) is 0 Å². The van der Waals surface area contributed by atoms with Crippen molar-refractivity contribution in [1.82, 2.24) is 0 Å². The van der Waals surface area contributed by atoms with Gasteiger partial charge < -0.3 is 13.8 Å². The maximum absolute atomic E-state index is 11.6. The summed E-state index contributed by atoms with van der Waals surface area (Å²) >= 11 is 0. The van der Waals surface area contributed by atoms with Crippen LogP contribution in [0.5, 0.6) is 11.5 Å². The first kappa shape index (κ1) is 35.1. The van der Waals surface area contributed by atoms with Crippen LogP contribution in [0.15, 0.2) is 52.3 Å². The largest absolute Gasteiger partial charge is 1.00 e. The van der Waals surface area contributed by atoms with Crippen molar-refractivity contribution in [3.8, 4) is 11.5 Å². The van der Waals surface area contributed by atoms with E-state index in [4.69, 9.17) is 4.74 Å². The molecular formula is C24H32Na2O7S2. The summed E-state index contributed by atoms with van der Waals surface area (Å²) in [6.45, 7) is 2.22. The summed E-state index contributed by atoms with van der Waals surface area (Å²) in [5.41, 5.74) is 1.09. The molecule has 2 rings (SSSR count). The van der Waals surface area contributed by atoms with E-state index in [0.717, 1.165) is 43.0 Å². The van der Waals surface area contributed by atoms with Crippen LogP contribution in [0.2, 0.25) is 0 Å². The van der Waals surface area contributed by atoms with Gasteiger partial charge in [-0.05, 0) is 42.7 Å². The Morgan fingerprint density at radius 1 is 0.686 bits per heavy atom. The van der Waals surface area contributed by atoms with Gasteiger partial charge in [0, 0.05) is 0 Å². The van der Waals surface area contributed by atoms with Gasteiger partial charge in [0.05, 0.1) is 4.90 Å². The molecule has 0 aromatic heterocycles. The topological polar surface area (TPSA) is 124 Å². The monoisotopic (exact) mass is 542 g/mol. The number of rotatable bonds is 15. The fourth-order valence-electron chi connectivity index (χ4n) is 3.69. The van der Waals surface area contributed by atoms with Crippen LogP contribution in [0.25, 0.3) is 0 Å². The Bertz CT molecular complexity index is 1090. The SMILES string of the molecule is CCCCCCCCCCCCc1ccc(Oc2cccc(S(=O)(=O)[O-])c2S(=O)(=O)[O-])cc1.[Na+].[Na+]. The van der Waals surface area contributed by atoms with E-state index in [9.17, 15) is 25.9 Å². The second-order valence-electron chi connectivity index (χ2n) is 8.17. The Hall–Kier alpha value is 0.0600. The van der Waals surface area contributed by atoms with E-state index in [0.29, 0.717) is 0 Å². The molecule has 0 saturated heterocycles. The molecule has 0 spiro atoms. The third kappa shape index (κ3) is 12.9. The standard InChI is InChI=1S/C24H34O7S2.2Na/c1-2-3-4-5-6-7-8-9-10-11-13-20-16-18-21(19-17-20)31-22-14-12-15-23(32(25,26)27)24(22)33(28,29)30;;/h12,14-19H,2-11,13H2,1H3,(H,25,26,27)(H,28,29,30);;/q;2*+1/p-2. The summed E-state index contributed by atoms with van der Waals surface area (Å²) in [6, 6.07) is 9.96. The fraction of sp³-hybridized carbons (Fsp3) is 0.500. The zero-order valence-corrected chi connectivity index (χ0v) is 26.6. The van der Waals surface area contributed by atoms with E-state index < -0.39 is 35.8 Å². The number of ether oxygens (including phenoxy) is 1. The van der Waals surface area contributed by atoms with Crippen LogP contribution in [0.3, 0.4) is 0 Å². The van der Waals surface area contributed by atoms with Crippen LogP contribution >= 0.6 is 0 Å². The van der Waals surface area contributed by atoms with Crippen molar-refractivity contribution in [3.05, 3.63) is 48.0 Å². The second kappa shape index (κ2) is 17.5. The van der Waals surface area contributed by atoms with Gasteiger partial charge in [0.2, 0.25) is 0 Å². The maximum Gasteiger partial charge on any atom is 1.00 e. The molecular weight excluding hydrogens is 510 g/mol. The number of aryl methyl sites for hydroxylation is 1. The molecule has 2 aromatic carbocycles. The summed E-state index contributed by atoms with van der Waals surface area (Å²) in [5.74, 6) is -0.267. The van der Waals surface area contributed by atoms with E-state index in [1.165, 1.54) is 51.4 Å². The molecule has 0 unspecified atom stereocenters. The van der Waals surface area contributed by atoms with Gasteiger partial charge in [0.15, 0.2) is 0 Å². The second-order valence-corrected chi connectivity index (χ2v) is 10.8. The summed E-state index contributed by atoms with van der Waals surface area (Å²) in [5, 5.41) is 0. The Kier molecular flexibility index (Phi) is 17.6. The molecule has 0 fully saturated rings. The van der Waals surface area contributed by atoms with Crippen LogP contribution in [0.4, 0.5) is 0 Å². The Balaban J connectivity index is 0.00000578. The molecule has 7 nitrogen and oxygen atoms in total. The molecule has 0 aliphatic carbocycles. The average molecular weight is 543 g/mol. The van der Waals surface area contributed by atoms with Crippen LogP contribution in [0.1, 0.15) is 76.7 Å². The Labute approximate surface area is 254 Å². The molecule has 2 aromatic rings. The van der Waals surface area contributed by atoms with Crippen molar-refractivity contribution >= 4 is 20.2 Å². The first-order valence-corrected chi connectivity index (χ1v) is 14.3. The van der Waals surface area contributed by atoms with Crippen molar-refractivity contribution in [2.24, 2.45) is 0 Å². The van der Waals surface area contributed by atoms with Crippen LogP contribution in [-0.2, 0) is 26.7 Å². The molecule has 0 atom stereocenters. The molecule has 0 radical (unpaired) electrons. The van der Waals surface area contributed by atoms with Gasteiger partial charge in [-0.15, -0.1) is 0 Å². The molecule has 184 valence electrons. The van der Waals surface area contributed by atoms with Crippen LogP contribution < -0.4 is 63.9 Å².